The number of ketones is 1. The highest BCUT2D eigenvalue weighted by molar-refractivity contribution is 8.04. The van der Waals surface area contributed by atoms with Crippen LogP contribution in [0.2, 0.25) is 0 Å². The quantitative estimate of drug-likeness (QED) is 0.236. The van der Waals surface area contributed by atoms with Crippen LogP contribution in [0.4, 0.5) is 5.69 Å². The van der Waals surface area contributed by atoms with E-state index in [0.29, 0.717) is 23.7 Å². The molecule has 0 spiro atoms. The molecule has 1 aromatic carbocycles. The number of anilines is 1. The molecule has 1 heterocycles. The average molecular weight is 399 g/mol. The molecule has 1 unspecified atom stereocenters. The smallest absolute Gasteiger partial charge is 0.351 e. The Bertz CT molecular complexity index is 855. The van der Waals surface area contributed by atoms with E-state index in [1.807, 2.05) is 6.07 Å². The number of ether oxygens (including phenoxy) is 1. The van der Waals surface area contributed by atoms with Crippen molar-refractivity contribution in [2.75, 3.05) is 25.0 Å². The van der Waals surface area contributed by atoms with Gasteiger partial charge < -0.3 is 15.0 Å². The van der Waals surface area contributed by atoms with Crippen molar-refractivity contribution in [3.63, 3.8) is 0 Å². The zero-order valence-electron chi connectivity index (χ0n) is 15.7. The highest BCUT2D eigenvalue weighted by Gasteiger charge is 2.39. The van der Waals surface area contributed by atoms with Crippen LogP contribution < -0.4 is 5.32 Å². The van der Waals surface area contributed by atoms with Crippen molar-refractivity contribution in [2.24, 2.45) is 0 Å². The third-order valence-electron chi connectivity index (χ3n) is 4.00. The fourth-order valence-electron chi connectivity index (χ4n) is 2.57. The molecule has 1 saturated heterocycles. The van der Waals surface area contributed by atoms with E-state index >= 15 is 0 Å². The standard InChI is InChI=1S/C20H21N3O4S/c1-4-10-27-20(26)16(11-21)19-23(5-2)18(25)17(28-19)12-22-15-8-6-14(7-9-15)13(3)24/h4,6-9,17,22H,1,5,10,12H2,2-3H3/b19-16-. The first-order chi connectivity index (χ1) is 13.4. The zero-order chi connectivity index (χ0) is 20.7. The molecule has 1 amide bonds. The first-order valence-electron chi connectivity index (χ1n) is 8.68. The number of nitrogens with one attached hydrogen (secondary N) is 1. The van der Waals surface area contributed by atoms with E-state index in [2.05, 4.69) is 11.9 Å². The number of rotatable bonds is 8. The average Bonchev–Trinajstić information content (AvgIpc) is 3.00. The Balaban J connectivity index is 2.14. The number of nitrogens with zero attached hydrogens (tertiary/aromatic N) is 2. The van der Waals surface area contributed by atoms with E-state index in [1.165, 1.54) is 17.9 Å². The molecular formula is C20H21N3O4S. The van der Waals surface area contributed by atoms with Crippen molar-refractivity contribution in [3.8, 4) is 6.07 Å². The Labute approximate surface area is 168 Å². The number of hydrogen-bond acceptors (Lipinski definition) is 7. The van der Waals surface area contributed by atoms with Gasteiger partial charge in [-0.1, -0.05) is 24.4 Å². The van der Waals surface area contributed by atoms with Gasteiger partial charge in [0.2, 0.25) is 5.91 Å². The summed E-state index contributed by atoms with van der Waals surface area (Å²) in [7, 11) is 0. The lowest BCUT2D eigenvalue weighted by Crippen LogP contribution is -2.32. The molecule has 1 aliphatic heterocycles. The van der Waals surface area contributed by atoms with Crippen molar-refractivity contribution in [1.82, 2.24) is 4.90 Å². The number of nitriles is 1. The van der Waals surface area contributed by atoms with Gasteiger partial charge in [0.15, 0.2) is 11.4 Å². The summed E-state index contributed by atoms with van der Waals surface area (Å²) in [5.41, 5.74) is 1.19. The first kappa shape index (κ1) is 21.3. The maximum Gasteiger partial charge on any atom is 0.351 e. The first-order valence-corrected chi connectivity index (χ1v) is 9.56. The second kappa shape index (κ2) is 9.76. The Hall–Kier alpha value is -3.05. The maximum atomic E-state index is 12.7. The Morgan fingerprint density at radius 1 is 1.39 bits per heavy atom. The summed E-state index contributed by atoms with van der Waals surface area (Å²) in [6, 6.07) is 8.80. The highest BCUT2D eigenvalue weighted by Crippen LogP contribution is 2.37. The summed E-state index contributed by atoms with van der Waals surface area (Å²) >= 11 is 1.16. The lowest BCUT2D eigenvalue weighted by molar-refractivity contribution is -0.137. The highest BCUT2D eigenvalue weighted by atomic mass is 32.2. The number of carbonyl (C=O) groups excluding carboxylic acids is 3. The molecule has 1 aliphatic rings. The molecule has 8 heteroatoms. The van der Waals surface area contributed by atoms with Crippen molar-refractivity contribution >= 4 is 35.1 Å². The topological polar surface area (TPSA) is 99.5 Å². The minimum absolute atomic E-state index is 0.0106. The Morgan fingerprint density at radius 3 is 2.61 bits per heavy atom. The predicted molar refractivity (Wildman–Crippen MR) is 107 cm³/mol. The number of carbonyl (C=O) groups is 3. The largest absolute Gasteiger partial charge is 0.457 e. The van der Waals surface area contributed by atoms with Crippen LogP contribution in [0.3, 0.4) is 0 Å². The maximum absolute atomic E-state index is 12.7. The van der Waals surface area contributed by atoms with Gasteiger partial charge in [0.25, 0.3) is 0 Å². The molecule has 0 aliphatic carbocycles. The van der Waals surface area contributed by atoms with Crippen LogP contribution in [0.1, 0.15) is 24.2 Å². The van der Waals surface area contributed by atoms with Crippen LogP contribution in [-0.2, 0) is 14.3 Å². The van der Waals surface area contributed by atoms with E-state index in [1.54, 1.807) is 31.2 Å². The summed E-state index contributed by atoms with van der Waals surface area (Å²) in [6.45, 7) is 7.38. The molecule has 1 atom stereocenters. The second-order valence-electron chi connectivity index (χ2n) is 5.88. The number of amides is 1. The predicted octanol–water partition coefficient (Wildman–Crippen LogP) is 2.73. The molecular weight excluding hydrogens is 378 g/mol. The van der Waals surface area contributed by atoms with Gasteiger partial charge in [0, 0.05) is 24.3 Å². The minimum Gasteiger partial charge on any atom is -0.457 e. The van der Waals surface area contributed by atoms with E-state index in [4.69, 9.17) is 4.74 Å². The van der Waals surface area contributed by atoms with Gasteiger partial charge in [0.1, 0.15) is 23.0 Å². The van der Waals surface area contributed by atoms with Crippen LogP contribution in [0.15, 0.2) is 47.5 Å². The number of benzene rings is 1. The lowest BCUT2D eigenvalue weighted by Gasteiger charge is -2.15. The molecule has 28 heavy (non-hydrogen) atoms. The van der Waals surface area contributed by atoms with Gasteiger partial charge in [-0.3, -0.25) is 9.59 Å². The van der Waals surface area contributed by atoms with Gasteiger partial charge in [-0.25, -0.2) is 4.79 Å². The Morgan fingerprint density at radius 2 is 2.07 bits per heavy atom. The van der Waals surface area contributed by atoms with Crippen LogP contribution >= 0.6 is 11.8 Å². The second-order valence-corrected chi connectivity index (χ2v) is 7.07. The van der Waals surface area contributed by atoms with Gasteiger partial charge in [0.05, 0.1) is 0 Å². The number of esters is 1. The summed E-state index contributed by atoms with van der Waals surface area (Å²) in [5.74, 6) is -0.974. The third kappa shape index (κ3) is 4.81. The van der Waals surface area contributed by atoms with Crippen LogP contribution in [-0.4, -0.2) is 47.5 Å². The number of Topliss-reactive ketones (excluding diaryl/α,β-unsaturated/α-hetero) is 1. The summed E-state index contributed by atoms with van der Waals surface area (Å²) < 4.78 is 4.95. The van der Waals surface area contributed by atoms with Crippen molar-refractivity contribution < 1.29 is 19.1 Å². The fraction of sp³-hybridized carbons (Fsp3) is 0.300. The van der Waals surface area contributed by atoms with E-state index in [0.717, 1.165) is 17.4 Å². The fourth-order valence-corrected chi connectivity index (χ4v) is 3.82. The van der Waals surface area contributed by atoms with Crippen LogP contribution in [0.5, 0.6) is 0 Å². The van der Waals surface area contributed by atoms with E-state index in [-0.39, 0.29) is 23.9 Å². The zero-order valence-corrected chi connectivity index (χ0v) is 16.5. The SMILES string of the molecule is C=CCOC(=O)/C(C#N)=C1\SC(CNc2ccc(C(C)=O)cc2)C(=O)N1CC. The summed E-state index contributed by atoms with van der Waals surface area (Å²) in [4.78, 5) is 37.6. The van der Waals surface area contributed by atoms with Gasteiger partial charge in [-0.15, -0.1) is 0 Å². The molecule has 146 valence electrons. The monoisotopic (exact) mass is 399 g/mol. The molecule has 1 aromatic rings. The molecule has 1 N–H and O–H groups in total. The van der Waals surface area contributed by atoms with Crippen molar-refractivity contribution in [2.45, 2.75) is 19.1 Å². The normalized spacial score (nSPS) is 17.7. The van der Waals surface area contributed by atoms with Crippen molar-refractivity contribution in [3.05, 3.63) is 53.1 Å². The van der Waals surface area contributed by atoms with Gasteiger partial charge >= 0.3 is 5.97 Å². The minimum atomic E-state index is -0.774. The number of thioether (sulfide) groups is 1. The van der Waals surface area contributed by atoms with Crippen LogP contribution in [0, 0.1) is 11.3 Å². The lowest BCUT2D eigenvalue weighted by atomic mass is 10.1. The molecule has 2 rings (SSSR count). The van der Waals surface area contributed by atoms with Crippen LogP contribution in [0.25, 0.3) is 0 Å². The van der Waals surface area contributed by atoms with E-state index < -0.39 is 11.2 Å². The summed E-state index contributed by atoms with van der Waals surface area (Å²) in [6.07, 6.45) is 1.41. The van der Waals surface area contributed by atoms with Gasteiger partial charge in [-0.05, 0) is 38.1 Å². The molecule has 0 aromatic heterocycles. The number of hydrogen-bond donors (Lipinski definition) is 1. The molecule has 1 fully saturated rings. The van der Waals surface area contributed by atoms with E-state index in [9.17, 15) is 19.6 Å². The van der Waals surface area contributed by atoms with Gasteiger partial charge in [-0.2, -0.15) is 5.26 Å². The Kier molecular flexibility index (Phi) is 7.41. The molecule has 7 nitrogen and oxygen atoms in total. The molecule has 0 saturated carbocycles. The molecule has 0 radical (unpaired) electrons. The van der Waals surface area contributed by atoms with Crippen molar-refractivity contribution in [1.29, 1.82) is 5.26 Å². The third-order valence-corrected chi connectivity index (χ3v) is 5.30. The summed E-state index contributed by atoms with van der Waals surface area (Å²) in [5, 5.41) is 12.4. The molecule has 0 bridgehead atoms.